The molecule has 6 nitrogen and oxygen atoms in total. The Morgan fingerprint density at radius 3 is 2.60 bits per heavy atom. The topological polar surface area (TPSA) is 72.9 Å². The third kappa shape index (κ3) is 2.12. The Balaban J connectivity index is 1.91. The van der Waals surface area contributed by atoms with Gasteiger partial charge in [-0.25, -0.2) is 9.59 Å². The molecule has 0 unspecified atom stereocenters. The van der Waals surface area contributed by atoms with Crippen LogP contribution in [0.2, 0.25) is 0 Å². The van der Waals surface area contributed by atoms with Gasteiger partial charge in [0, 0.05) is 38.3 Å². The minimum atomic E-state index is -0.954. The molecular formula is C14H17N3O3. The van der Waals surface area contributed by atoms with Crippen molar-refractivity contribution in [2.75, 3.05) is 31.1 Å². The fraction of sp³-hybridized carbons (Fsp3) is 0.429. The van der Waals surface area contributed by atoms with Gasteiger partial charge in [-0.3, -0.25) is 4.90 Å². The zero-order chi connectivity index (χ0) is 14.1. The Kier molecular flexibility index (Phi) is 3.31. The Labute approximate surface area is 117 Å². The highest BCUT2D eigenvalue weighted by atomic mass is 16.4. The number of hydrogen-bond acceptors (Lipinski definition) is 3. The van der Waals surface area contributed by atoms with E-state index in [0.717, 1.165) is 24.3 Å². The molecule has 20 heavy (non-hydrogen) atoms. The second-order valence-electron chi connectivity index (χ2n) is 5.08. The highest BCUT2D eigenvalue weighted by Gasteiger charge is 2.40. The summed E-state index contributed by atoms with van der Waals surface area (Å²) in [5.74, 6) is -0.954. The summed E-state index contributed by atoms with van der Waals surface area (Å²) in [6.45, 7) is 2.73. The van der Waals surface area contributed by atoms with Gasteiger partial charge in [0.2, 0.25) is 0 Å². The number of hydrogen-bond donors (Lipinski definition) is 2. The Morgan fingerprint density at radius 1 is 1.20 bits per heavy atom. The highest BCUT2D eigenvalue weighted by molar-refractivity contribution is 6.01. The van der Waals surface area contributed by atoms with E-state index in [-0.39, 0.29) is 6.03 Å². The second kappa shape index (κ2) is 5.13. The lowest BCUT2D eigenvalue weighted by molar-refractivity contribution is -0.138. The zero-order valence-corrected chi connectivity index (χ0v) is 11.1. The molecule has 0 aliphatic carbocycles. The van der Waals surface area contributed by atoms with Crippen molar-refractivity contribution in [3.63, 3.8) is 0 Å². The number of nitrogens with one attached hydrogen (secondary N) is 1. The van der Waals surface area contributed by atoms with E-state index in [2.05, 4.69) is 5.32 Å². The van der Waals surface area contributed by atoms with E-state index in [4.69, 9.17) is 0 Å². The fourth-order valence-corrected chi connectivity index (χ4v) is 2.83. The second-order valence-corrected chi connectivity index (χ2v) is 5.08. The number of nitrogens with zero attached hydrogens (tertiary/aromatic N) is 2. The summed E-state index contributed by atoms with van der Waals surface area (Å²) < 4.78 is 0. The molecule has 6 heteroatoms. The van der Waals surface area contributed by atoms with Gasteiger partial charge in [-0.15, -0.1) is 0 Å². The molecular weight excluding hydrogens is 258 g/mol. The van der Waals surface area contributed by atoms with E-state index in [0.29, 0.717) is 19.5 Å². The average molecular weight is 275 g/mol. The van der Waals surface area contributed by atoms with Crippen LogP contribution < -0.4 is 10.2 Å². The van der Waals surface area contributed by atoms with Crippen LogP contribution in [0.5, 0.6) is 0 Å². The molecule has 0 bridgehead atoms. The van der Waals surface area contributed by atoms with Crippen LogP contribution in [0, 0.1) is 0 Å². The third-order valence-electron chi connectivity index (χ3n) is 3.85. The maximum absolute atomic E-state index is 12.6. The summed E-state index contributed by atoms with van der Waals surface area (Å²) in [7, 11) is 0. The van der Waals surface area contributed by atoms with Crippen molar-refractivity contribution in [2.24, 2.45) is 0 Å². The van der Waals surface area contributed by atoms with E-state index < -0.39 is 12.0 Å². The predicted molar refractivity (Wildman–Crippen MR) is 73.9 cm³/mol. The van der Waals surface area contributed by atoms with Crippen LogP contribution >= 0.6 is 0 Å². The summed E-state index contributed by atoms with van der Waals surface area (Å²) >= 11 is 0. The van der Waals surface area contributed by atoms with Crippen LogP contribution in [0.1, 0.15) is 5.56 Å². The number of benzene rings is 1. The molecule has 2 N–H and O–H groups in total. The molecule has 3 rings (SSSR count). The van der Waals surface area contributed by atoms with Gasteiger partial charge in [0.25, 0.3) is 0 Å². The first-order valence-electron chi connectivity index (χ1n) is 6.78. The van der Waals surface area contributed by atoms with Gasteiger partial charge in [-0.2, -0.15) is 0 Å². The lowest BCUT2D eigenvalue weighted by atomic mass is 10.1. The molecule has 2 aliphatic heterocycles. The van der Waals surface area contributed by atoms with E-state index in [1.807, 2.05) is 24.3 Å². The highest BCUT2D eigenvalue weighted by Crippen LogP contribution is 2.33. The van der Waals surface area contributed by atoms with E-state index in [1.165, 1.54) is 4.90 Å². The number of fused-ring (bicyclic) bond motifs is 1. The first kappa shape index (κ1) is 12.9. The Morgan fingerprint density at radius 2 is 1.90 bits per heavy atom. The monoisotopic (exact) mass is 275 g/mol. The number of rotatable bonds is 1. The number of carboxylic acid groups (broad SMARTS) is 1. The first-order valence-corrected chi connectivity index (χ1v) is 6.78. The molecule has 1 aromatic carbocycles. The lowest BCUT2D eigenvalue weighted by Gasteiger charge is -2.33. The zero-order valence-electron chi connectivity index (χ0n) is 11.1. The summed E-state index contributed by atoms with van der Waals surface area (Å²) in [4.78, 5) is 27.2. The predicted octanol–water partition coefficient (Wildman–Crippen LogP) is 0.528. The normalized spacial score (nSPS) is 21.7. The number of piperazine rings is 1. The molecule has 1 aromatic rings. The minimum absolute atomic E-state index is 0.205. The summed E-state index contributed by atoms with van der Waals surface area (Å²) in [5.41, 5.74) is 1.65. The van der Waals surface area contributed by atoms with Crippen molar-refractivity contribution in [3.05, 3.63) is 29.8 Å². The van der Waals surface area contributed by atoms with Crippen molar-refractivity contribution in [1.82, 2.24) is 10.2 Å². The van der Waals surface area contributed by atoms with Gasteiger partial charge in [-0.1, -0.05) is 18.2 Å². The van der Waals surface area contributed by atoms with Crippen molar-refractivity contribution in [3.8, 4) is 0 Å². The molecule has 0 saturated carbocycles. The third-order valence-corrected chi connectivity index (χ3v) is 3.85. The molecule has 1 saturated heterocycles. The van der Waals surface area contributed by atoms with Crippen molar-refractivity contribution in [1.29, 1.82) is 0 Å². The van der Waals surface area contributed by atoms with Crippen molar-refractivity contribution >= 4 is 17.7 Å². The van der Waals surface area contributed by atoms with E-state index in [1.54, 1.807) is 4.90 Å². The number of para-hydroxylation sites is 1. The number of carbonyl (C=O) groups excluding carboxylic acids is 1. The number of amides is 2. The standard InChI is InChI=1S/C14H17N3O3/c18-13(19)12-9-10-3-1-2-4-11(10)17(12)14(20)16-7-5-15-6-8-16/h1-4,12,15H,5-9H2,(H,18,19)/t12-/m0/s1. The van der Waals surface area contributed by atoms with Gasteiger partial charge in [-0.05, 0) is 11.6 Å². The molecule has 1 fully saturated rings. The van der Waals surface area contributed by atoms with Crippen LogP contribution in [0.4, 0.5) is 10.5 Å². The number of carbonyl (C=O) groups is 2. The fourth-order valence-electron chi connectivity index (χ4n) is 2.83. The maximum Gasteiger partial charge on any atom is 0.327 e. The summed E-state index contributed by atoms with van der Waals surface area (Å²) in [6.07, 6.45) is 0.378. The molecule has 2 amide bonds. The molecule has 2 aliphatic rings. The van der Waals surface area contributed by atoms with E-state index in [9.17, 15) is 14.7 Å². The van der Waals surface area contributed by atoms with Crippen molar-refractivity contribution in [2.45, 2.75) is 12.5 Å². The maximum atomic E-state index is 12.6. The Hall–Kier alpha value is -2.08. The van der Waals surface area contributed by atoms with Crippen LogP contribution in [0.25, 0.3) is 0 Å². The van der Waals surface area contributed by atoms with Crippen LogP contribution in [0.3, 0.4) is 0 Å². The van der Waals surface area contributed by atoms with Gasteiger partial charge in [0.1, 0.15) is 6.04 Å². The van der Waals surface area contributed by atoms with Gasteiger partial charge >= 0.3 is 12.0 Å². The summed E-state index contributed by atoms with van der Waals surface area (Å²) in [6, 6.07) is 6.41. The molecule has 0 radical (unpaired) electrons. The SMILES string of the molecule is O=C(O)[C@@H]1Cc2ccccc2N1C(=O)N1CCNCC1. The lowest BCUT2D eigenvalue weighted by Crippen LogP contribution is -2.54. The average Bonchev–Trinajstić information content (AvgIpc) is 2.87. The first-order chi connectivity index (χ1) is 9.68. The van der Waals surface area contributed by atoms with Gasteiger partial charge in [0.05, 0.1) is 0 Å². The van der Waals surface area contributed by atoms with Gasteiger partial charge in [0.15, 0.2) is 0 Å². The molecule has 0 aromatic heterocycles. The molecule has 2 heterocycles. The number of anilines is 1. The number of carboxylic acids is 1. The van der Waals surface area contributed by atoms with Crippen molar-refractivity contribution < 1.29 is 14.7 Å². The van der Waals surface area contributed by atoms with E-state index >= 15 is 0 Å². The van der Waals surface area contributed by atoms with Gasteiger partial charge < -0.3 is 15.3 Å². The summed E-state index contributed by atoms with van der Waals surface area (Å²) in [5, 5.41) is 12.6. The largest absolute Gasteiger partial charge is 0.480 e. The number of aliphatic carboxylic acids is 1. The molecule has 1 atom stereocenters. The van der Waals surface area contributed by atoms with Crippen LogP contribution in [0.15, 0.2) is 24.3 Å². The Bertz CT molecular complexity index is 540. The van der Waals surface area contributed by atoms with Crippen LogP contribution in [-0.2, 0) is 11.2 Å². The molecule has 106 valence electrons. The number of urea groups is 1. The smallest absolute Gasteiger partial charge is 0.327 e. The minimum Gasteiger partial charge on any atom is -0.480 e. The quantitative estimate of drug-likeness (QED) is 0.784. The molecule has 0 spiro atoms. The van der Waals surface area contributed by atoms with Crippen LogP contribution in [-0.4, -0.2) is 54.2 Å².